The monoisotopic (exact) mass is 514 g/mol. The van der Waals surface area contributed by atoms with Gasteiger partial charge in [-0.1, -0.05) is 36.9 Å². The second-order valence-electron chi connectivity index (χ2n) is 9.00. The molecule has 0 bridgehead atoms. The molecule has 8 heteroatoms. The van der Waals surface area contributed by atoms with Crippen LogP contribution in [0.5, 0.6) is 5.75 Å². The first-order chi connectivity index (χ1) is 18.0. The van der Waals surface area contributed by atoms with Crippen molar-refractivity contribution >= 4 is 17.2 Å². The molecular formula is C29H34N6OS. The van der Waals surface area contributed by atoms with Crippen molar-refractivity contribution in [3.63, 3.8) is 0 Å². The summed E-state index contributed by atoms with van der Waals surface area (Å²) in [5.74, 6) is 2.18. The molecule has 0 radical (unpaired) electrons. The minimum Gasteiger partial charge on any atom is -0.461 e. The van der Waals surface area contributed by atoms with Crippen molar-refractivity contribution < 1.29 is 4.74 Å². The number of nitrogens with zero attached hydrogens (tertiary/aromatic N) is 4. The van der Waals surface area contributed by atoms with E-state index in [0.29, 0.717) is 35.3 Å². The van der Waals surface area contributed by atoms with Gasteiger partial charge in [0.25, 0.3) is 0 Å². The van der Waals surface area contributed by atoms with Crippen LogP contribution in [0, 0.1) is 5.92 Å². The molecule has 1 aromatic carbocycles. The number of thiazole rings is 1. The molecular weight excluding hydrogens is 480 g/mol. The number of hydrogen-bond acceptors (Lipinski definition) is 7. The van der Waals surface area contributed by atoms with Crippen LogP contribution in [-0.2, 0) is 6.54 Å². The number of ether oxygens (including phenoxy) is 1. The Kier molecular flexibility index (Phi) is 9.24. The minimum absolute atomic E-state index is 0.387. The van der Waals surface area contributed by atoms with Crippen LogP contribution in [0.4, 0.5) is 0 Å². The Labute approximate surface area is 222 Å². The zero-order valence-corrected chi connectivity index (χ0v) is 22.0. The molecule has 0 spiro atoms. The number of aliphatic imine (C=N–C) groups is 1. The molecule has 37 heavy (non-hydrogen) atoms. The smallest absolute Gasteiger partial charge is 0.142 e. The average Bonchev–Trinajstić information content (AvgIpc) is 3.38. The van der Waals surface area contributed by atoms with Crippen molar-refractivity contribution in [1.29, 1.82) is 0 Å². The summed E-state index contributed by atoms with van der Waals surface area (Å²) in [5.41, 5.74) is 14.7. The van der Waals surface area contributed by atoms with Crippen LogP contribution in [0.1, 0.15) is 24.6 Å². The number of aromatic nitrogens is 2. The highest BCUT2D eigenvalue weighted by Gasteiger charge is 2.21. The number of likely N-dealkylation sites (tertiary alicyclic amines) is 1. The number of para-hydroxylation sites is 1. The van der Waals surface area contributed by atoms with Crippen molar-refractivity contribution in [1.82, 2.24) is 14.9 Å². The maximum atomic E-state index is 6.44. The number of hydrogen-bond donors (Lipinski definition) is 2. The zero-order valence-electron chi connectivity index (χ0n) is 21.2. The van der Waals surface area contributed by atoms with Gasteiger partial charge in [0.05, 0.1) is 11.3 Å². The summed E-state index contributed by atoms with van der Waals surface area (Å²) in [4.78, 5) is 17.4. The fraction of sp³-hybridized carbons (Fsp3) is 0.276. The van der Waals surface area contributed by atoms with E-state index in [1.807, 2.05) is 61.7 Å². The molecule has 1 aliphatic heterocycles. The highest BCUT2D eigenvalue weighted by molar-refractivity contribution is 7.14. The Balaban J connectivity index is 1.34. The third-order valence-electron chi connectivity index (χ3n) is 6.25. The van der Waals surface area contributed by atoms with Crippen molar-refractivity contribution in [2.24, 2.45) is 22.4 Å². The second-order valence-corrected chi connectivity index (χ2v) is 10.1. The summed E-state index contributed by atoms with van der Waals surface area (Å²) in [5, 5.41) is 0.968. The number of amidine groups is 1. The van der Waals surface area contributed by atoms with E-state index in [-0.39, 0.29) is 0 Å². The van der Waals surface area contributed by atoms with E-state index in [2.05, 4.69) is 21.4 Å². The van der Waals surface area contributed by atoms with Crippen LogP contribution in [0.15, 0.2) is 102 Å². The van der Waals surface area contributed by atoms with Gasteiger partial charge in [-0.25, -0.2) is 4.98 Å². The summed E-state index contributed by atoms with van der Waals surface area (Å²) in [6.45, 7) is 9.22. The van der Waals surface area contributed by atoms with Gasteiger partial charge in [-0.3, -0.25) is 14.9 Å². The Morgan fingerprint density at radius 2 is 1.89 bits per heavy atom. The summed E-state index contributed by atoms with van der Waals surface area (Å²) in [6.07, 6.45) is 9.26. The molecule has 3 aromatic rings. The highest BCUT2D eigenvalue weighted by atomic mass is 32.1. The molecule has 2 aromatic heterocycles. The van der Waals surface area contributed by atoms with Crippen LogP contribution < -0.4 is 16.2 Å². The predicted molar refractivity (Wildman–Crippen MR) is 152 cm³/mol. The lowest BCUT2D eigenvalue weighted by molar-refractivity contribution is 0.182. The molecule has 0 atom stereocenters. The maximum Gasteiger partial charge on any atom is 0.142 e. The Hall–Kier alpha value is -3.75. The quantitative estimate of drug-likeness (QED) is 0.168. The molecule has 7 nitrogen and oxygen atoms in total. The van der Waals surface area contributed by atoms with Gasteiger partial charge in [0.2, 0.25) is 0 Å². The van der Waals surface area contributed by atoms with E-state index < -0.39 is 0 Å². The molecule has 4 N–H and O–H groups in total. The third-order valence-corrected chi connectivity index (χ3v) is 7.26. The first kappa shape index (κ1) is 26.3. The number of allylic oxidation sites excluding steroid dienone is 3. The summed E-state index contributed by atoms with van der Waals surface area (Å²) >= 11 is 1.71. The number of benzene rings is 1. The first-order valence-corrected chi connectivity index (χ1v) is 13.3. The van der Waals surface area contributed by atoms with Gasteiger partial charge in [0.1, 0.15) is 22.4 Å². The van der Waals surface area contributed by atoms with Crippen LogP contribution in [0.3, 0.4) is 0 Å². The number of pyridine rings is 1. The molecule has 1 fully saturated rings. The molecule has 4 rings (SSSR count). The van der Waals surface area contributed by atoms with Crippen molar-refractivity contribution in [3.05, 3.63) is 102 Å². The van der Waals surface area contributed by atoms with Crippen molar-refractivity contribution in [3.8, 4) is 16.5 Å². The average molecular weight is 515 g/mol. The standard InChI is InChI=1S/C29H34N6OS/c1-3-9-25(30)27(21(2)36-23-10-5-4-6-11-23)28(31)33-18-22-13-16-35(17-14-22)20-24-19-34-29(37-24)26-12-7-8-15-32-26/h3-12,15,19,22H,1,13-14,16-18,20,30H2,2H3,(H2,31,33)/b25-9+,27-21-. The summed E-state index contributed by atoms with van der Waals surface area (Å²) in [6, 6.07) is 15.5. The van der Waals surface area contributed by atoms with Gasteiger partial charge in [-0.15, -0.1) is 11.3 Å². The lowest BCUT2D eigenvalue weighted by Crippen LogP contribution is -2.34. The van der Waals surface area contributed by atoms with Crippen LogP contribution in [-0.4, -0.2) is 40.3 Å². The first-order valence-electron chi connectivity index (χ1n) is 12.4. The lowest BCUT2D eigenvalue weighted by atomic mass is 9.97. The molecule has 0 aliphatic carbocycles. The summed E-state index contributed by atoms with van der Waals surface area (Å²) < 4.78 is 6.01. The highest BCUT2D eigenvalue weighted by Crippen LogP contribution is 2.26. The SMILES string of the molecule is C=C/C=C(N)\C(C(N)=NCC1CCN(Cc2cnc(-c3ccccn3)s2)CC1)=C(/C)Oc1ccccc1. The maximum absolute atomic E-state index is 6.44. The molecule has 0 amide bonds. The van der Waals surface area contributed by atoms with Crippen LogP contribution in [0.25, 0.3) is 10.7 Å². The zero-order chi connectivity index (χ0) is 26.0. The van der Waals surface area contributed by atoms with E-state index in [9.17, 15) is 0 Å². The molecule has 3 heterocycles. The van der Waals surface area contributed by atoms with Gasteiger partial charge < -0.3 is 16.2 Å². The van der Waals surface area contributed by atoms with Gasteiger partial charge in [-0.05, 0) is 69.1 Å². The van der Waals surface area contributed by atoms with Gasteiger partial charge in [-0.2, -0.15) is 0 Å². The molecule has 0 saturated carbocycles. The number of nitrogens with two attached hydrogens (primary N) is 2. The predicted octanol–water partition coefficient (Wildman–Crippen LogP) is 5.16. The van der Waals surface area contributed by atoms with Gasteiger partial charge in [0.15, 0.2) is 0 Å². The minimum atomic E-state index is 0.387. The van der Waals surface area contributed by atoms with Crippen molar-refractivity contribution in [2.45, 2.75) is 26.3 Å². The normalized spacial score (nSPS) is 16.4. The number of rotatable bonds is 10. The molecule has 192 valence electrons. The van der Waals surface area contributed by atoms with E-state index in [1.165, 1.54) is 4.88 Å². The topological polar surface area (TPSA) is 103 Å². The molecule has 0 unspecified atom stereocenters. The summed E-state index contributed by atoms with van der Waals surface area (Å²) in [7, 11) is 0. The van der Waals surface area contributed by atoms with Crippen molar-refractivity contribution in [2.75, 3.05) is 19.6 Å². The molecule has 1 aliphatic rings. The Morgan fingerprint density at radius 1 is 1.14 bits per heavy atom. The van der Waals surface area contributed by atoms with E-state index in [1.54, 1.807) is 29.7 Å². The number of piperidine rings is 1. The van der Waals surface area contributed by atoms with E-state index in [4.69, 9.17) is 21.2 Å². The largest absolute Gasteiger partial charge is 0.461 e. The second kappa shape index (κ2) is 13.0. The molecule has 1 saturated heterocycles. The van der Waals surface area contributed by atoms with Crippen LogP contribution in [0.2, 0.25) is 0 Å². The Bertz CT molecular complexity index is 1260. The van der Waals surface area contributed by atoms with Gasteiger partial charge >= 0.3 is 0 Å². The fourth-order valence-corrected chi connectivity index (χ4v) is 5.23. The lowest BCUT2D eigenvalue weighted by Gasteiger charge is -2.30. The van der Waals surface area contributed by atoms with Crippen LogP contribution >= 0.6 is 11.3 Å². The van der Waals surface area contributed by atoms with Gasteiger partial charge in [0, 0.05) is 36.1 Å². The van der Waals surface area contributed by atoms with E-state index >= 15 is 0 Å². The van der Waals surface area contributed by atoms with E-state index in [0.717, 1.165) is 48.9 Å². The fourth-order valence-electron chi connectivity index (χ4n) is 4.30. The Morgan fingerprint density at radius 3 is 2.59 bits per heavy atom. The third kappa shape index (κ3) is 7.38.